The van der Waals surface area contributed by atoms with Crippen LogP contribution in [0, 0.1) is 0 Å². The van der Waals surface area contributed by atoms with Gasteiger partial charge < -0.3 is 9.84 Å². The van der Waals surface area contributed by atoms with Crippen LogP contribution in [0.1, 0.15) is 24.0 Å². The largest absolute Gasteiger partial charge is 0.504 e. The van der Waals surface area contributed by atoms with Gasteiger partial charge >= 0.3 is 0 Å². The molecule has 2 aromatic carbocycles. The van der Waals surface area contributed by atoms with Crippen LogP contribution < -0.4 is 4.74 Å². The number of benzene rings is 2. The molecule has 108 valence electrons. The monoisotopic (exact) mass is 299 g/mol. The Morgan fingerprint density at radius 1 is 1.19 bits per heavy atom. The number of aromatic nitrogens is 1. The lowest BCUT2D eigenvalue weighted by atomic mass is 10.1. The third kappa shape index (κ3) is 3.16. The van der Waals surface area contributed by atoms with Gasteiger partial charge in [-0.2, -0.15) is 0 Å². The second-order valence-electron chi connectivity index (χ2n) is 4.94. The van der Waals surface area contributed by atoms with E-state index in [-0.39, 0.29) is 5.75 Å². The zero-order chi connectivity index (χ0) is 14.7. The van der Waals surface area contributed by atoms with Crippen LogP contribution in [0.5, 0.6) is 11.5 Å². The third-order valence-electron chi connectivity index (χ3n) is 3.27. The van der Waals surface area contributed by atoms with Crippen molar-refractivity contribution in [1.82, 2.24) is 4.98 Å². The minimum absolute atomic E-state index is 0.165. The summed E-state index contributed by atoms with van der Waals surface area (Å²) in [5.74, 6) is 0.663. The Kier molecular flexibility index (Phi) is 4.06. The highest BCUT2D eigenvalue weighted by atomic mass is 32.1. The average Bonchev–Trinajstić information content (AvgIpc) is 2.93. The molecule has 1 heterocycles. The van der Waals surface area contributed by atoms with E-state index < -0.39 is 0 Å². The Bertz CT molecular complexity index is 751. The fraction of sp³-hybridized carbons (Fsp3) is 0.235. The highest BCUT2D eigenvalue weighted by Crippen LogP contribution is 2.31. The van der Waals surface area contributed by atoms with Gasteiger partial charge in [0.2, 0.25) is 0 Å². The molecule has 0 aliphatic heterocycles. The van der Waals surface area contributed by atoms with Gasteiger partial charge in [0, 0.05) is 5.38 Å². The molecule has 3 rings (SSSR count). The summed E-state index contributed by atoms with van der Waals surface area (Å²) in [4.78, 5) is 4.52. The van der Waals surface area contributed by atoms with Crippen LogP contribution in [-0.2, 0) is 13.0 Å². The molecular weight excluding hydrogens is 282 g/mol. The van der Waals surface area contributed by atoms with Crippen LogP contribution >= 0.6 is 11.3 Å². The van der Waals surface area contributed by atoms with Gasteiger partial charge in [-0.15, -0.1) is 11.3 Å². The topological polar surface area (TPSA) is 42.4 Å². The number of aryl methyl sites for hydroxylation is 1. The van der Waals surface area contributed by atoms with Crippen LogP contribution in [0.25, 0.3) is 10.8 Å². The van der Waals surface area contributed by atoms with E-state index >= 15 is 0 Å². The van der Waals surface area contributed by atoms with Gasteiger partial charge in [-0.1, -0.05) is 31.2 Å². The molecule has 0 aliphatic carbocycles. The van der Waals surface area contributed by atoms with E-state index in [1.807, 2.05) is 35.7 Å². The summed E-state index contributed by atoms with van der Waals surface area (Å²) < 4.78 is 5.72. The molecule has 0 aliphatic rings. The molecule has 0 amide bonds. The second kappa shape index (κ2) is 6.14. The van der Waals surface area contributed by atoms with E-state index in [1.54, 1.807) is 17.4 Å². The van der Waals surface area contributed by atoms with Gasteiger partial charge in [0.25, 0.3) is 0 Å². The molecule has 1 N–H and O–H groups in total. The number of phenols is 1. The molecule has 0 spiro atoms. The Balaban J connectivity index is 1.76. The third-order valence-corrected chi connectivity index (χ3v) is 4.22. The normalized spacial score (nSPS) is 10.9. The fourth-order valence-electron chi connectivity index (χ4n) is 2.22. The van der Waals surface area contributed by atoms with Crippen LogP contribution in [-0.4, -0.2) is 10.1 Å². The minimum Gasteiger partial charge on any atom is -0.504 e. The number of aromatic hydroxyl groups is 1. The smallest absolute Gasteiger partial charge is 0.162 e. The maximum absolute atomic E-state index is 10.0. The first-order chi connectivity index (χ1) is 10.3. The van der Waals surface area contributed by atoms with E-state index in [1.165, 1.54) is 0 Å². The summed E-state index contributed by atoms with van der Waals surface area (Å²) in [6, 6.07) is 11.5. The SMILES string of the molecule is CCCc1nc(COc2cc3ccccc3cc2O)cs1. The summed E-state index contributed by atoms with van der Waals surface area (Å²) >= 11 is 1.66. The van der Waals surface area contributed by atoms with Gasteiger partial charge in [0.05, 0.1) is 10.7 Å². The number of rotatable bonds is 5. The molecule has 0 fully saturated rings. The Morgan fingerprint density at radius 3 is 2.71 bits per heavy atom. The Hall–Kier alpha value is -2.07. The predicted octanol–water partition coefficient (Wildman–Crippen LogP) is 4.53. The molecule has 0 radical (unpaired) electrons. The first-order valence-electron chi connectivity index (χ1n) is 7.04. The summed E-state index contributed by atoms with van der Waals surface area (Å²) in [5.41, 5.74) is 0.913. The van der Waals surface area contributed by atoms with Gasteiger partial charge in [-0.3, -0.25) is 0 Å². The van der Waals surface area contributed by atoms with E-state index in [9.17, 15) is 5.11 Å². The minimum atomic E-state index is 0.165. The number of fused-ring (bicyclic) bond motifs is 1. The molecule has 3 nitrogen and oxygen atoms in total. The fourth-order valence-corrected chi connectivity index (χ4v) is 3.10. The van der Waals surface area contributed by atoms with Crippen molar-refractivity contribution in [3.05, 3.63) is 52.5 Å². The van der Waals surface area contributed by atoms with Gasteiger partial charge in [-0.05, 0) is 35.7 Å². The van der Waals surface area contributed by atoms with E-state index in [2.05, 4.69) is 11.9 Å². The van der Waals surface area contributed by atoms with Crippen molar-refractivity contribution < 1.29 is 9.84 Å². The lowest BCUT2D eigenvalue weighted by molar-refractivity contribution is 0.286. The standard InChI is InChI=1S/C17H17NO2S/c1-2-5-17-18-14(11-21-17)10-20-16-9-13-7-4-3-6-12(13)8-15(16)19/h3-4,6-9,11,19H,2,5,10H2,1H3. The first-order valence-corrected chi connectivity index (χ1v) is 7.92. The lowest BCUT2D eigenvalue weighted by Crippen LogP contribution is -1.96. The summed E-state index contributed by atoms with van der Waals surface area (Å²) in [5, 5.41) is 15.2. The van der Waals surface area contributed by atoms with Crippen LogP contribution in [0.4, 0.5) is 0 Å². The number of hydrogen-bond acceptors (Lipinski definition) is 4. The van der Waals surface area contributed by atoms with Crippen molar-refractivity contribution in [3.8, 4) is 11.5 Å². The highest BCUT2D eigenvalue weighted by molar-refractivity contribution is 7.09. The summed E-state index contributed by atoms with van der Waals surface area (Å²) in [6.45, 7) is 2.52. The number of phenolic OH excluding ortho intramolecular Hbond substituents is 1. The molecular formula is C17H17NO2S. The maximum Gasteiger partial charge on any atom is 0.162 e. The number of ether oxygens (including phenoxy) is 1. The van der Waals surface area contributed by atoms with Crippen molar-refractivity contribution in [1.29, 1.82) is 0 Å². The molecule has 0 atom stereocenters. The maximum atomic E-state index is 10.0. The van der Waals surface area contributed by atoms with E-state index in [0.29, 0.717) is 12.4 Å². The van der Waals surface area contributed by atoms with Crippen LogP contribution in [0.2, 0.25) is 0 Å². The summed E-state index contributed by atoms with van der Waals surface area (Å²) in [7, 11) is 0. The van der Waals surface area contributed by atoms with Crippen molar-refractivity contribution in [2.75, 3.05) is 0 Å². The second-order valence-corrected chi connectivity index (χ2v) is 5.88. The number of thiazole rings is 1. The Morgan fingerprint density at radius 2 is 1.95 bits per heavy atom. The quantitative estimate of drug-likeness (QED) is 0.752. The lowest BCUT2D eigenvalue weighted by Gasteiger charge is -2.08. The highest BCUT2D eigenvalue weighted by Gasteiger charge is 2.07. The summed E-state index contributed by atoms with van der Waals surface area (Å²) in [6.07, 6.45) is 2.10. The number of hydrogen-bond donors (Lipinski definition) is 1. The van der Waals surface area contributed by atoms with Gasteiger partial charge in [0.15, 0.2) is 11.5 Å². The van der Waals surface area contributed by atoms with Crippen molar-refractivity contribution in [2.24, 2.45) is 0 Å². The van der Waals surface area contributed by atoms with Crippen LogP contribution in [0.3, 0.4) is 0 Å². The zero-order valence-electron chi connectivity index (χ0n) is 11.9. The average molecular weight is 299 g/mol. The molecule has 1 aromatic heterocycles. The van der Waals surface area contributed by atoms with Gasteiger partial charge in [-0.25, -0.2) is 4.98 Å². The molecule has 0 saturated carbocycles. The molecule has 0 bridgehead atoms. The van der Waals surface area contributed by atoms with E-state index in [4.69, 9.17) is 4.74 Å². The molecule has 0 unspecified atom stereocenters. The molecule has 3 aromatic rings. The van der Waals surface area contributed by atoms with Crippen molar-refractivity contribution in [2.45, 2.75) is 26.4 Å². The predicted molar refractivity (Wildman–Crippen MR) is 86.1 cm³/mol. The van der Waals surface area contributed by atoms with Crippen LogP contribution in [0.15, 0.2) is 41.8 Å². The molecule has 21 heavy (non-hydrogen) atoms. The van der Waals surface area contributed by atoms with E-state index in [0.717, 1.165) is 34.3 Å². The molecule has 0 saturated heterocycles. The number of nitrogens with zero attached hydrogens (tertiary/aromatic N) is 1. The first kappa shape index (κ1) is 13.9. The van der Waals surface area contributed by atoms with Gasteiger partial charge in [0.1, 0.15) is 6.61 Å². The van der Waals surface area contributed by atoms with Crippen molar-refractivity contribution >= 4 is 22.1 Å². The Labute approximate surface area is 127 Å². The zero-order valence-corrected chi connectivity index (χ0v) is 12.7. The molecule has 4 heteroatoms. The van der Waals surface area contributed by atoms with Crippen molar-refractivity contribution in [3.63, 3.8) is 0 Å².